The molecule has 0 spiro atoms. The average molecular weight is 238 g/mol. The molecule has 5 nitrogen and oxygen atoms in total. The van der Waals surface area contributed by atoms with Gasteiger partial charge in [-0.1, -0.05) is 5.21 Å². The molecule has 0 aromatic carbocycles. The summed E-state index contributed by atoms with van der Waals surface area (Å²) in [7, 11) is 0. The fourth-order valence-electron chi connectivity index (χ4n) is 2.42. The zero-order valence-electron chi connectivity index (χ0n) is 10.7. The fraction of sp³-hybridized carbons (Fsp3) is 0.833. The summed E-state index contributed by atoms with van der Waals surface area (Å²) in [6.45, 7) is 6.60. The Morgan fingerprint density at radius 1 is 1.41 bits per heavy atom. The molecule has 2 N–H and O–H groups in total. The first-order valence-corrected chi connectivity index (χ1v) is 6.45. The predicted molar refractivity (Wildman–Crippen MR) is 66.0 cm³/mol. The number of hydrogen-bond acceptors (Lipinski definition) is 4. The maximum absolute atomic E-state index is 5.64. The molecular weight excluding hydrogens is 216 g/mol. The number of ether oxygens (including phenoxy) is 1. The molecule has 1 fully saturated rings. The lowest BCUT2D eigenvalue weighted by molar-refractivity contribution is 0.0830. The number of nitrogens with two attached hydrogens (primary N) is 1. The first-order valence-electron chi connectivity index (χ1n) is 6.45. The monoisotopic (exact) mass is 238 g/mol. The third kappa shape index (κ3) is 2.66. The van der Waals surface area contributed by atoms with Gasteiger partial charge in [0.15, 0.2) is 0 Å². The van der Waals surface area contributed by atoms with Crippen molar-refractivity contribution in [3.8, 4) is 0 Å². The van der Waals surface area contributed by atoms with Crippen molar-refractivity contribution >= 4 is 0 Å². The van der Waals surface area contributed by atoms with Crippen LogP contribution in [0.1, 0.15) is 50.0 Å². The minimum Gasteiger partial charge on any atom is -0.381 e. The zero-order chi connectivity index (χ0) is 12.3. The van der Waals surface area contributed by atoms with Crippen LogP contribution in [0.2, 0.25) is 0 Å². The lowest BCUT2D eigenvalue weighted by atomic mass is 9.93. The van der Waals surface area contributed by atoms with Gasteiger partial charge in [0, 0.05) is 31.6 Å². The van der Waals surface area contributed by atoms with Crippen LogP contribution < -0.4 is 5.73 Å². The van der Waals surface area contributed by atoms with Crippen LogP contribution in [-0.2, 0) is 11.2 Å². The van der Waals surface area contributed by atoms with Crippen molar-refractivity contribution in [3.05, 3.63) is 11.4 Å². The van der Waals surface area contributed by atoms with Gasteiger partial charge in [-0.05, 0) is 33.2 Å². The van der Waals surface area contributed by atoms with E-state index < -0.39 is 0 Å². The average Bonchev–Trinajstić information content (AvgIpc) is 2.74. The van der Waals surface area contributed by atoms with Crippen molar-refractivity contribution in [1.29, 1.82) is 0 Å². The Kier molecular flexibility index (Phi) is 4.12. The fourth-order valence-corrected chi connectivity index (χ4v) is 2.42. The molecule has 1 aromatic heterocycles. The highest BCUT2D eigenvalue weighted by atomic mass is 16.5. The van der Waals surface area contributed by atoms with Crippen LogP contribution in [0.5, 0.6) is 0 Å². The summed E-state index contributed by atoms with van der Waals surface area (Å²) in [6.07, 6.45) is 2.95. The van der Waals surface area contributed by atoms with Crippen molar-refractivity contribution in [2.75, 3.05) is 19.8 Å². The van der Waals surface area contributed by atoms with E-state index in [9.17, 15) is 0 Å². The summed E-state index contributed by atoms with van der Waals surface area (Å²) >= 11 is 0. The Labute approximate surface area is 102 Å². The highest BCUT2D eigenvalue weighted by Crippen LogP contribution is 2.30. The Balaban J connectivity index is 2.29. The van der Waals surface area contributed by atoms with E-state index in [1.807, 2.05) is 0 Å². The molecule has 1 saturated heterocycles. The van der Waals surface area contributed by atoms with E-state index in [1.165, 1.54) is 5.69 Å². The Hall–Kier alpha value is -0.940. The van der Waals surface area contributed by atoms with Crippen molar-refractivity contribution in [1.82, 2.24) is 15.0 Å². The van der Waals surface area contributed by atoms with Crippen LogP contribution in [0.3, 0.4) is 0 Å². The van der Waals surface area contributed by atoms with Crippen molar-refractivity contribution < 1.29 is 4.74 Å². The topological polar surface area (TPSA) is 66.0 Å². The first-order chi connectivity index (χ1) is 8.24. The molecule has 1 aliphatic rings. The van der Waals surface area contributed by atoms with Crippen LogP contribution in [-0.4, -0.2) is 34.8 Å². The molecule has 1 aromatic rings. The van der Waals surface area contributed by atoms with Crippen LogP contribution in [0, 0.1) is 0 Å². The molecule has 0 bridgehead atoms. The predicted octanol–water partition coefficient (Wildman–Crippen LogP) is 1.25. The molecule has 0 amide bonds. The van der Waals surface area contributed by atoms with Crippen LogP contribution in [0.15, 0.2) is 0 Å². The number of aromatic nitrogens is 3. The second kappa shape index (κ2) is 5.60. The first kappa shape index (κ1) is 12.5. The third-order valence-electron chi connectivity index (χ3n) is 3.28. The smallest absolute Gasteiger partial charge is 0.0874 e. The Morgan fingerprint density at radius 2 is 2.12 bits per heavy atom. The Bertz CT molecular complexity index is 355. The summed E-state index contributed by atoms with van der Waals surface area (Å²) in [5.41, 5.74) is 8.01. The Morgan fingerprint density at radius 3 is 2.71 bits per heavy atom. The van der Waals surface area contributed by atoms with Crippen molar-refractivity contribution in [3.63, 3.8) is 0 Å². The minimum absolute atomic E-state index is 0.354. The summed E-state index contributed by atoms with van der Waals surface area (Å²) < 4.78 is 7.48. The number of hydrogen-bond donors (Lipinski definition) is 1. The van der Waals surface area contributed by atoms with Gasteiger partial charge >= 0.3 is 0 Å². The van der Waals surface area contributed by atoms with E-state index in [1.54, 1.807) is 0 Å². The largest absolute Gasteiger partial charge is 0.381 e. The summed E-state index contributed by atoms with van der Waals surface area (Å²) in [6, 6.07) is 0.354. The van der Waals surface area contributed by atoms with E-state index in [-0.39, 0.29) is 0 Å². The molecule has 0 radical (unpaired) electrons. The van der Waals surface area contributed by atoms with Crippen molar-refractivity contribution in [2.24, 2.45) is 5.73 Å². The molecule has 0 atom stereocenters. The van der Waals surface area contributed by atoms with Gasteiger partial charge in [0.05, 0.1) is 11.4 Å². The van der Waals surface area contributed by atoms with Crippen LogP contribution in [0.4, 0.5) is 0 Å². The van der Waals surface area contributed by atoms with Gasteiger partial charge in [-0.3, -0.25) is 0 Å². The van der Waals surface area contributed by atoms with E-state index >= 15 is 0 Å². The SMILES string of the molecule is CC(C)n1nnc(CCN)c1C1CCOCC1. The lowest BCUT2D eigenvalue weighted by Crippen LogP contribution is -2.20. The minimum atomic E-state index is 0.354. The molecule has 0 unspecified atom stereocenters. The zero-order valence-corrected chi connectivity index (χ0v) is 10.7. The summed E-state index contributed by atoms with van der Waals surface area (Å²) in [5.74, 6) is 0.530. The van der Waals surface area contributed by atoms with Crippen LogP contribution in [0.25, 0.3) is 0 Å². The lowest BCUT2D eigenvalue weighted by Gasteiger charge is -2.24. The van der Waals surface area contributed by atoms with E-state index in [0.29, 0.717) is 18.5 Å². The standard InChI is InChI=1S/C12H22N4O/c1-9(2)16-12(10-4-7-17-8-5-10)11(3-6-13)14-15-16/h9-10H,3-8,13H2,1-2H3. The quantitative estimate of drug-likeness (QED) is 0.857. The van der Waals surface area contributed by atoms with Gasteiger partial charge in [-0.25, -0.2) is 4.68 Å². The van der Waals surface area contributed by atoms with Gasteiger partial charge < -0.3 is 10.5 Å². The number of rotatable bonds is 4. The molecule has 0 saturated carbocycles. The molecule has 96 valence electrons. The summed E-state index contributed by atoms with van der Waals surface area (Å²) in [5, 5.41) is 8.57. The second-order valence-electron chi connectivity index (χ2n) is 4.89. The molecule has 2 rings (SSSR count). The number of nitrogens with zero attached hydrogens (tertiary/aromatic N) is 3. The molecule has 1 aliphatic heterocycles. The van der Waals surface area contributed by atoms with E-state index in [0.717, 1.165) is 38.2 Å². The van der Waals surface area contributed by atoms with Crippen LogP contribution >= 0.6 is 0 Å². The van der Waals surface area contributed by atoms with Crippen molar-refractivity contribution in [2.45, 2.75) is 45.1 Å². The molecule has 0 aliphatic carbocycles. The highest BCUT2D eigenvalue weighted by Gasteiger charge is 2.25. The highest BCUT2D eigenvalue weighted by molar-refractivity contribution is 5.17. The molecule has 2 heterocycles. The van der Waals surface area contributed by atoms with Gasteiger partial charge in [0.1, 0.15) is 0 Å². The van der Waals surface area contributed by atoms with Gasteiger partial charge in [0.2, 0.25) is 0 Å². The second-order valence-corrected chi connectivity index (χ2v) is 4.89. The van der Waals surface area contributed by atoms with Gasteiger partial charge in [-0.2, -0.15) is 0 Å². The van der Waals surface area contributed by atoms with Gasteiger partial charge in [0.25, 0.3) is 0 Å². The normalized spacial score (nSPS) is 17.9. The summed E-state index contributed by atoms with van der Waals surface area (Å²) in [4.78, 5) is 0. The maximum Gasteiger partial charge on any atom is 0.0874 e. The molecule has 5 heteroatoms. The maximum atomic E-state index is 5.64. The third-order valence-corrected chi connectivity index (χ3v) is 3.28. The van der Waals surface area contributed by atoms with Gasteiger partial charge in [-0.15, -0.1) is 5.10 Å². The molecule has 17 heavy (non-hydrogen) atoms. The molecular formula is C12H22N4O. The van der Waals surface area contributed by atoms with E-state index in [4.69, 9.17) is 10.5 Å². The van der Waals surface area contributed by atoms with E-state index in [2.05, 4.69) is 28.8 Å².